The minimum atomic E-state index is -0.611. The number of rotatable bonds is 5. The van der Waals surface area contributed by atoms with Crippen LogP contribution in [0.15, 0.2) is 60.2 Å². The zero-order valence-electron chi connectivity index (χ0n) is 15.5. The number of hydrogen-bond acceptors (Lipinski definition) is 5. The molecule has 1 heterocycles. The third kappa shape index (κ3) is 4.75. The lowest BCUT2D eigenvalue weighted by molar-refractivity contribution is -0.135. The van der Waals surface area contributed by atoms with E-state index in [4.69, 9.17) is 0 Å². The number of para-hydroxylation sites is 1. The molecule has 0 unspecified atom stereocenters. The Labute approximate surface area is 160 Å². The molecule has 0 atom stereocenters. The number of carbonyl (C=O) groups excluding carboxylic acids is 1. The Kier molecular flexibility index (Phi) is 6.24. The second kappa shape index (κ2) is 9.02. The molecule has 1 fully saturated rings. The molecule has 2 aromatic rings. The lowest BCUT2D eigenvalue weighted by Gasteiger charge is -2.36. The fourth-order valence-corrected chi connectivity index (χ4v) is 3.29. The molecule has 0 amide bonds. The maximum atomic E-state index is 11.7. The van der Waals surface area contributed by atoms with Gasteiger partial charge in [-0.3, -0.25) is 4.90 Å². The first kappa shape index (κ1) is 18.7. The first-order valence-electron chi connectivity index (χ1n) is 9.01. The maximum absolute atomic E-state index is 11.7. The minimum absolute atomic E-state index is 0.00710. The van der Waals surface area contributed by atoms with Gasteiger partial charge in [-0.1, -0.05) is 48.5 Å². The van der Waals surface area contributed by atoms with E-state index in [1.807, 2.05) is 36.4 Å². The van der Waals surface area contributed by atoms with Crippen LogP contribution in [-0.4, -0.2) is 44.2 Å². The molecule has 1 aliphatic rings. The van der Waals surface area contributed by atoms with Gasteiger partial charge in [-0.2, -0.15) is 5.26 Å². The number of esters is 1. The summed E-state index contributed by atoms with van der Waals surface area (Å²) in [6.07, 6.45) is 1.61. The van der Waals surface area contributed by atoms with Crippen LogP contribution in [0.1, 0.15) is 11.1 Å². The third-order valence-electron chi connectivity index (χ3n) is 4.72. The molecule has 3 rings (SSSR count). The van der Waals surface area contributed by atoms with E-state index >= 15 is 0 Å². The number of nitriles is 1. The van der Waals surface area contributed by atoms with Crippen LogP contribution in [0.5, 0.6) is 0 Å². The molecular weight excluding hydrogens is 338 g/mol. The Balaban J connectivity index is 1.71. The molecule has 0 aliphatic carbocycles. The van der Waals surface area contributed by atoms with Crippen molar-refractivity contribution in [3.8, 4) is 6.07 Å². The Morgan fingerprint density at radius 1 is 1.07 bits per heavy atom. The summed E-state index contributed by atoms with van der Waals surface area (Å²) >= 11 is 0. The molecule has 1 aliphatic heterocycles. The van der Waals surface area contributed by atoms with Crippen LogP contribution in [0.2, 0.25) is 0 Å². The minimum Gasteiger partial charge on any atom is -0.465 e. The van der Waals surface area contributed by atoms with Gasteiger partial charge in [-0.25, -0.2) is 4.79 Å². The monoisotopic (exact) mass is 361 g/mol. The molecule has 0 radical (unpaired) electrons. The van der Waals surface area contributed by atoms with E-state index in [-0.39, 0.29) is 5.57 Å². The van der Waals surface area contributed by atoms with E-state index in [0.29, 0.717) is 0 Å². The third-order valence-corrected chi connectivity index (χ3v) is 4.72. The molecule has 1 saturated heterocycles. The molecule has 5 heteroatoms. The fourth-order valence-electron chi connectivity index (χ4n) is 3.29. The van der Waals surface area contributed by atoms with Crippen molar-refractivity contribution in [2.75, 3.05) is 38.2 Å². The van der Waals surface area contributed by atoms with Gasteiger partial charge in [0.05, 0.1) is 7.11 Å². The van der Waals surface area contributed by atoms with E-state index in [1.165, 1.54) is 12.7 Å². The summed E-state index contributed by atoms with van der Waals surface area (Å²) in [4.78, 5) is 16.5. The quantitative estimate of drug-likeness (QED) is 0.465. The van der Waals surface area contributed by atoms with E-state index in [0.717, 1.165) is 44.0 Å². The predicted molar refractivity (Wildman–Crippen MR) is 106 cm³/mol. The molecule has 5 nitrogen and oxygen atoms in total. The molecule has 0 spiro atoms. The number of hydrogen-bond donors (Lipinski definition) is 0. The highest BCUT2D eigenvalue weighted by Gasteiger charge is 2.19. The summed E-state index contributed by atoms with van der Waals surface area (Å²) in [5, 5.41) is 9.23. The number of methoxy groups -OCH3 is 1. The van der Waals surface area contributed by atoms with E-state index in [2.05, 4.69) is 38.8 Å². The second-order valence-electron chi connectivity index (χ2n) is 6.47. The largest absolute Gasteiger partial charge is 0.465 e. The van der Waals surface area contributed by atoms with Crippen LogP contribution < -0.4 is 4.90 Å². The average Bonchev–Trinajstić information content (AvgIpc) is 2.73. The average molecular weight is 361 g/mol. The topological polar surface area (TPSA) is 56.6 Å². The van der Waals surface area contributed by atoms with Gasteiger partial charge in [0.25, 0.3) is 0 Å². The van der Waals surface area contributed by atoms with E-state index < -0.39 is 5.97 Å². The zero-order chi connectivity index (χ0) is 19.1. The van der Waals surface area contributed by atoms with Crippen molar-refractivity contribution in [2.24, 2.45) is 0 Å². The Bertz CT molecular complexity index is 847. The van der Waals surface area contributed by atoms with Crippen LogP contribution in [0.4, 0.5) is 5.69 Å². The molecule has 0 saturated carbocycles. The molecule has 27 heavy (non-hydrogen) atoms. The summed E-state index contributed by atoms with van der Waals surface area (Å²) in [6.45, 7) is 4.69. The zero-order valence-corrected chi connectivity index (χ0v) is 15.5. The normalized spacial score (nSPS) is 15.3. The SMILES string of the molecule is COC(=O)/C(C#N)=C\c1ccccc1N1CCN(Cc2ccccc2)CC1. The van der Waals surface area contributed by atoms with Gasteiger partial charge in [0.1, 0.15) is 11.6 Å². The van der Waals surface area contributed by atoms with Crippen LogP contribution in [-0.2, 0) is 16.1 Å². The number of ether oxygens (including phenoxy) is 1. The van der Waals surface area contributed by atoms with Crippen molar-refractivity contribution in [1.82, 2.24) is 4.90 Å². The van der Waals surface area contributed by atoms with E-state index in [1.54, 1.807) is 6.08 Å². The van der Waals surface area contributed by atoms with Gasteiger partial charge in [-0.05, 0) is 23.3 Å². The number of benzene rings is 2. The van der Waals surface area contributed by atoms with Gasteiger partial charge < -0.3 is 9.64 Å². The molecule has 138 valence electrons. The summed E-state index contributed by atoms with van der Waals surface area (Å²) in [5.41, 5.74) is 3.23. The summed E-state index contributed by atoms with van der Waals surface area (Å²) < 4.78 is 4.68. The summed E-state index contributed by atoms with van der Waals surface area (Å²) in [7, 11) is 1.28. The summed E-state index contributed by atoms with van der Waals surface area (Å²) in [6, 6.07) is 20.3. The van der Waals surface area contributed by atoms with Gasteiger partial charge in [0.15, 0.2) is 0 Å². The van der Waals surface area contributed by atoms with Crippen LogP contribution in [0.25, 0.3) is 6.08 Å². The number of anilines is 1. The van der Waals surface area contributed by atoms with Crippen molar-refractivity contribution in [3.63, 3.8) is 0 Å². The molecule has 0 N–H and O–H groups in total. The van der Waals surface area contributed by atoms with Crippen molar-refractivity contribution in [2.45, 2.75) is 6.54 Å². The molecule has 0 aromatic heterocycles. The van der Waals surface area contributed by atoms with Gasteiger partial charge in [-0.15, -0.1) is 0 Å². The first-order valence-corrected chi connectivity index (χ1v) is 9.01. The van der Waals surface area contributed by atoms with Crippen LogP contribution >= 0.6 is 0 Å². The number of carbonyl (C=O) groups is 1. The lowest BCUT2D eigenvalue weighted by Crippen LogP contribution is -2.46. The molecule has 0 bridgehead atoms. The van der Waals surface area contributed by atoms with Crippen LogP contribution in [0, 0.1) is 11.3 Å². The Hall–Kier alpha value is -3.10. The van der Waals surface area contributed by atoms with Gasteiger partial charge in [0, 0.05) is 38.4 Å². The van der Waals surface area contributed by atoms with Gasteiger partial charge in [0.2, 0.25) is 0 Å². The lowest BCUT2D eigenvalue weighted by atomic mass is 10.1. The first-order chi connectivity index (χ1) is 13.2. The standard InChI is InChI=1S/C22H23N3O2/c1-27-22(26)20(16-23)15-19-9-5-6-10-21(19)25-13-11-24(12-14-25)17-18-7-3-2-4-8-18/h2-10,15H,11-14,17H2,1H3/b20-15-. The Morgan fingerprint density at radius 2 is 1.74 bits per heavy atom. The molecular formula is C22H23N3O2. The predicted octanol–water partition coefficient (Wildman–Crippen LogP) is 3.09. The smallest absolute Gasteiger partial charge is 0.348 e. The Morgan fingerprint density at radius 3 is 2.41 bits per heavy atom. The highest BCUT2D eigenvalue weighted by molar-refractivity contribution is 5.98. The van der Waals surface area contributed by atoms with Crippen molar-refractivity contribution >= 4 is 17.7 Å². The van der Waals surface area contributed by atoms with E-state index in [9.17, 15) is 10.1 Å². The van der Waals surface area contributed by atoms with Gasteiger partial charge >= 0.3 is 5.97 Å². The molecule has 2 aromatic carbocycles. The second-order valence-corrected chi connectivity index (χ2v) is 6.47. The maximum Gasteiger partial charge on any atom is 0.348 e. The van der Waals surface area contributed by atoms with Crippen LogP contribution in [0.3, 0.4) is 0 Å². The number of nitrogens with zero attached hydrogens (tertiary/aromatic N) is 3. The van der Waals surface area contributed by atoms with Crippen molar-refractivity contribution < 1.29 is 9.53 Å². The number of piperazine rings is 1. The van der Waals surface area contributed by atoms with Crippen molar-refractivity contribution in [3.05, 3.63) is 71.3 Å². The highest BCUT2D eigenvalue weighted by atomic mass is 16.5. The fraction of sp³-hybridized carbons (Fsp3) is 0.273. The van der Waals surface area contributed by atoms with Crippen molar-refractivity contribution in [1.29, 1.82) is 5.26 Å². The summed E-state index contributed by atoms with van der Waals surface area (Å²) in [5.74, 6) is -0.611. The highest BCUT2D eigenvalue weighted by Crippen LogP contribution is 2.24.